The number of hydrogen-bond donors (Lipinski definition) is 1. The molecule has 2 amide bonds. The van der Waals surface area contributed by atoms with E-state index in [1.807, 2.05) is 107 Å². The topological polar surface area (TPSA) is 86.8 Å². The lowest BCUT2D eigenvalue weighted by atomic mass is 10.0. The lowest BCUT2D eigenvalue weighted by Gasteiger charge is -2.34. The number of nitrogens with one attached hydrogen (secondary N) is 1. The molecule has 3 aromatic rings. The number of benzene rings is 3. The minimum Gasteiger partial charge on any atom is -0.352 e. The molecular weight excluding hydrogens is 522 g/mol. The highest BCUT2D eigenvalue weighted by molar-refractivity contribution is 7.92. The molecule has 0 bridgehead atoms. The van der Waals surface area contributed by atoms with Gasteiger partial charge in [0.25, 0.3) is 0 Å². The van der Waals surface area contributed by atoms with E-state index in [0.717, 1.165) is 44.8 Å². The Labute approximate surface area is 239 Å². The van der Waals surface area contributed by atoms with Crippen molar-refractivity contribution in [2.75, 3.05) is 17.1 Å². The van der Waals surface area contributed by atoms with Crippen LogP contribution < -0.4 is 9.62 Å². The summed E-state index contributed by atoms with van der Waals surface area (Å²) in [5, 5.41) is 3.05. The molecule has 2 atom stereocenters. The Morgan fingerprint density at radius 3 is 2.05 bits per heavy atom. The van der Waals surface area contributed by atoms with E-state index in [1.165, 1.54) is 4.90 Å². The van der Waals surface area contributed by atoms with Gasteiger partial charge in [-0.15, -0.1) is 0 Å². The molecule has 214 valence electrons. The second-order valence-electron chi connectivity index (χ2n) is 10.5. The van der Waals surface area contributed by atoms with Crippen LogP contribution in [0.1, 0.15) is 48.1 Å². The zero-order valence-electron chi connectivity index (χ0n) is 24.3. The second-order valence-corrected chi connectivity index (χ2v) is 12.5. The van der Waals surface area contributed by atoms with Crippen molar-refractivity contribution < 1.29 is 18.0 Å². The molecule has 1 N–H and O–H groups in total. The van der Waals surface area contributed by atoms with E-state index in [-0.39, 0.29) is 18.5 Å². The molecule has 0 aliphatic heterocycles. The first-order chi connectivity index (χ1) is 18.9. The summed E-state index contributed by atoms with van der Waals surface area (Å²) >= 11 is 0. The Balaban J connectivity index is 2.10. The van der Waals surface area contributed by atoms with Crippen LogP contribution >= 0.6 is 0 Å². The zero-order valence-corrected chi connectivity index (χ0v) is 25.2. The largest absolute Gasteiger partial charge is 0.352 e. The van der Waals surface area contributed by atoms with Gasteiger partial charge in [0.05, 0.1) is 11.9 Å². The molecule has 0 aliphatic carbocycles. The van der Waals surface area contributed by atoms with Crippen LogP contribution in [0.3, 0.4) is 0 Å². The molecule has 0 radical (unpaired) electrons. The maximum Gasteiger partial charge on any atom is 0.244 e. The summed E-state index contributed by atoms with van der Waals surface area (Å²) in [6, 6.07) is 21.9. The molecule has 0 unspecified atom stereocenters. The molecule has 0 heterocycles. The quantitative estimate of drug-likeness (QED) is 0.339. The van der Waals surface area contributed by atoms with Crippen LogP contribution in [0.25, 0.3) is 0 Å². The van der Waals surface area contributed by atoms with Crippen LogP contribution in [0.15, 0.2) is 72.8 Å². The third-order valence-corrected chi connectivity index (χ3v) is 8.19. The number of para-hydroxylation sites is 1. The predicted octanol–water partition coefficient (Wildman–Crippen LogP) is 4.93. The van der Waals surface area contributed by atoms with Gasteiger partial charge >= 0.3 is 0 Å². The van der Waals surface area contributed by atoms with Gasteiger partial charge in [-0.2, -0.15) is 0 Å². The minimum absolute atomic E-state index is 0.0798. The number of carbonyl (C=O) groups excluding carboxylic acids is 2. The number of anilines is 1. The first kappa shape index (κ1) is 30.9. The normalized spacial score (nSPS) is 12.8. The average molecular weight is 564 g/mol. The molecule has 3 rings (SSSR count). The second kappa shape index (κ2) is 13.6. The van der Waals surface area contributed by atoms with E-state index in [0.29, 0.717) is 12.1 Å². The van der Waals surface area contributed by atoms with Crippen molar-refractivity contribution in [2.24, 2.45) is 0 Å². The third kappa shape index (κ3) is 8.18. The van der Waals surface area contributed by atoms with Crippen LogP contribution in [0.4, 0.5) is 5.69 Å². The van der Waals surface area contributed by atoms with Gasteiger partial charge in [0.15, 0.2) is 0 Å². The van der Waals surface area contributed by atoms with Gasteiger partial charge in [-0.1, -0.05) is 85.3 Å². The van der Waals surface area contributed by atoms with E-state index in [9.17, 15) is 18.0 Å². The van der Waals surface area contributed by atoms with Gasteiger partial charge in [-0.3, -0.25) is 13.9 Å². The van der Waals surface area contributed by atoms with Crippen LogP contribution in [-0.4, -0.2) is 50.0 Å². The Bertz CT molecular complexity index is 1400. The van der Waals surface area contributed by atoms with E-state index in [1.54, 1.807) is 0 Å². The highest BCUT2D eigenvalue weighted by Crippen LogP contribution is 2.27. The van der Waals surface area contributed by atoms with E-state index >= 15 is 0 Å². The van der Waals surface area contributed by atoms with Gasteiger partial charge < -0.3 is 10.2 Å². The average Bonchev–Trinajstić information content (AvgIpc) is 2.89. The van der Waals surface area contributed by atoms with Crippen LogP contribution in [0.2, 0.25) is 0 Å². The maximum absolute atomic E-state index is 14.2. The van der Waals surface area contributed by atoms with E-state index < -0.39 is 28.5 Å². The monoisotopic (exact) mass is 563 g/mol. The molecule has 7 nitrogen and oxygen atoms in total. The summed E-state index contributed by atoms with van der Waals surface area (Å²) < 4.78 is 27.3. The summed E-state index contributed by atoms with van der Waals surface area (Å²) in [6.07, 6.45) is 2.14. The van der Waals surface area contributed by atoms with Crippen molar-refractivity contribution in [1.29, 1.82) is 0 Å². The number of aryl methyl sites for hydroxylation is 3. The van der Waals surface area contributed by atoms with Crippen molar-refractivity contribution >= 4 is 27.5 Å². The van der Waals surface area contributed by atoms with Crippen LogP contribution in [-0.2, 0) is 32.6 Å². The van der Waals surface area contributed by atoms with Crippen molar-refractivity contribution in [1.82, 2.24) is 10.2 Å². The summed E-state index contributed by atoms with van der Waals surface area (Å²) in [6.45, 7) is 9.28. The Hall–Kier alpha value is -3.65. The van der Waals surface area contributed by atoms with E-state index in [2.05, 4.69) is 5.32 Å². The molecule has 3 aromatic carbocycles. The smallest absolute Gasteiger partial charge is 0.244 e. The molecule has 40 heavy (non-hydrogen) atoms. The summed E-state index contributed by atoms with van der Waals surface area (Å²) in [4.78, 5) is 29.5. The molecule has 8 heteroatoms. The zero-order chi connectivity index (χ0) is 29.4. The summed E-state index contributed by atoms with van der Waals surface area (Å²) in [5.74, 6) is -0.716. The molecule has 0 saturated carbocycles. The Kier molecular flexibility index (Phi) is 10.5. The van der Waals surface area contributed by atoms with Gasteiger partial charge in [0.1, 0.15) is 12.6 Å². The molecule has 0 aliphatic rings. The molecular formula is C32H41N3O4S. The van der Waals surface area contributed by atoms with Crippen LogP contribution in [0, 0.1) is 20.8 Å². The number of nitrogens with zero attached hydrogens (tertiary/aromatic N) is 2. The van der Waals surface area contributed by atoms with Crippen molar-refractivity contribution in [3.05, 3.63) is 101 Å². The maximum atomic E-state index is 14.2. The fourth-order valence-electron chi connectivity index (χ4n) is 4.78. The fraction of sp³-hybridized carbons (Fsp3) is 0.375. The SMILES string of the molecule is CC[C@@H](C)NC(=O)[C@@H](Cc1ccccc1)N(Cc1cccc(C)c1)C(=O)CN(c1c(C)cccc1C)S(C)(=O)=O. The Morgan fingerprint density at radius 2 is 1.48 bits per heavy atom. The van der Waals surface area contributed by atoms with Crippen molar-refractivity contribution in [3.63, 3.8) is 0 Å². The first-order valence-corrected chi connectivity index (χ1v) is 15.5. The lowest BCUT2D eigenvalue weighted by molar-refractivity contribution is -0.140. The lowest BCUT2D eigenvalue weighted by Crippen LogP contribution is -2.54. The Morgan fingerprint density at radius 1 is 0.875 bits per heavy atom. The van der Waals surface area contributed by atoms with Gasteiger partial charge in [0.2, 0.25) is 21.8 Å². The van der Waals surface area contributed by atoms with Gasteiger partial charge in [-0.05, 0) is 56.4 Å². The molecule has 0 aromatic heterocycles. The fourth-order valence-corrected chi connectivity index (χ4v) is 5.74. The number of amides is 2. The molecule has 0 saturated heterocycles. The number of rotatable bonds is 12. The number of carbonyl (C=O) groups is 2. The molecule has 0 spiro atoms. The summed E-state index contributed by atoms with van der Waals surface area (Å²) in [7, 11) is -3.81. The standard InChI is InChI=1S/C32H41N3O4S/c1-7-26(5)33-32(37)29(20-27-16-9-8-10-17-27)34(21-28-18-11-13-23(2)19-28)30(36)22-35(40(6,38)39)31-24(3)14-12-15-25(31)4/h8-19,26,29H,7,20-22H2,1-6H3,(H,33,37)/t26-,29-/m1/s1. The highest BCUT2D eigenvalue weighted by Gasteiger charge is 2.34. The highest BCUT2D eigenvalue weighted by atomic mass is 32.2. The third-order valence-electron chi connectivity index (χ3n) is 7.08. The van der Waals surface area contributed by atoms with Gasteiger partial charge in [-0.25, -0.2) is 8.42 Å². The van der Waals surface area contributed by atoms with Crippen LogP contribution in [0.5, 0.6) is 0 Å². The molecule has 0 fully saturated rings. The number of hydrogen-bond acceptors (Lipinski definition) is 4. The van der Waals surface area contributed by atoms with Gasteiger partial charge in [0, 0.05) is 19.0 Å². The minimum atomic E-state index is -3.81. The van der Waals surface area contributed by atoms with E-state index in [4.69, 9.17) is 0 Å². The predicted molar refractivity (Wildman–Crippen MR) is 162 cm³/mol. The van der Waals surface area contributed by atoms with Crippen molar-refractivity contribution in [3.8, 4) is 0 Å². The summed E-state index contributed by atoms with van der Waals surface area (Å²) in [5.41, 5.74) is 4.78. The number of sulfonamides is 1. The first-order valence-electron chi connectivity index (χ1n) is 13.6. The van der Waals surface area contributed by atoms with Crippen molar-refractivity contribution in [2.45, 2.75) is 66.1 Å².